The molecule has 0 spiro atoms. The second-order valence-corrected chi connectivity index (χ2v) is 15.2. The first-order chi connectivity index (χ1) is 19.3. The number of carbonyl (C=O) groups excluding carboxylic acids is 6. The van der Waals surface area contributed by atoms with E-state index in [4.69, 9.17) is 0 Å². The summed E-state index contributed by atoms with van der Waals surface area (Å²) in [6.45, 7) is 16.0. The molecule has 12 heteroatoms. The zero-order valence-corrected chi connectivity index (χ0v) is 26.2. The Morgan fingerprint density at radius 1 is 1.00 bits per heavy atom. The van der Waals surface area contributed by atoms with Gasteiger partial charge in [-0.2, -0.15) is 0 Å². The molecule has 2 aliphatic heterocycles. The van der Waals surface area contributed by atoms with E-state index in [9.17, 15) is 28.8 Å². The molecular formula is C30H48N6O6. The van der Waals surface area contributed by atoms with Crippen molar-refractivity contribution in [3.05, 3.63) is 0 Å². The largest absolute Gasteiger partial charge is 0.356 e. The van der Waals surface area contributed by atoms with Crippen LogP contribution in [0.1, 0.15) is 81.1 Å². The van der Waals surface area contributed by atoms with Crippen LogP contribution in [0.5, 0.6) is 0 Å². The zero-order valence-electron chi connectivity index (χ0n) is 26.2. The second kappa shape index (κ2) is 11.1. The van der Waals surface area contributed by atoms with Crippen molar-refractivity contribution in [2.75, 3.05) is 13.1 Å². The molecule has 12 nitrogen and oxygen atoms in total. The van der Waals surface area contributed by atoms with Gasteiger partial charge in [-0.05, 0) is 69.1 Å². The highest BCUT2D eigenvalue weighted by Gasteiger charge is 2.70. The molecule has 0 aromatic carbocycles. The smallest absolute Gasteiger partial charge is 0.315 e. The van der Waals surface area contributed by atoms with Crippen molar-refractivity contribution in [2.45, 2.75) is 111 Å². The molecular weight excluding hydrogens is 540 g/mol. The molecule has 6 amide bonds. The van der Waals surface area contributed by atoms with Gasteiger partial charge in [0.15, 0.2) is 0 Å². The molecule has 0 bridgehead atoms. The van der Waals surface area contributed by atoms with Crippen LogP contribution in [0.25, 0.3) is 0 Å². The highest BCUT2D eigenvalue weighted by atomic mass is 16.2. The van der Waals surface area contributed by atoms with Gasteiger partial charge >= 0.3 is 6.03 Å². The third-order valence-electron chi connectivity index (χ3n) is 9.09. The summed E-state index contributed by atoms with van der Waals surface area (Å²) in [4.78, 5) is 80.7. The maximum atomic E-state index is 14.1. The number of hydrogen-bond donors (Lipinski definition) is 5. The molecule has 6 atom stereocenters. The molecule has 4 aliphatic rings. The summed E-state index contributed by atoms with van der Waals surface area (Å²) in [5.74, 6) is -3.24. The molecule has 0 aromatic rings. The van der Waals surface area contributed by atoms with Crippen LogP contribution < -0.4 is 26.6 Å². The number of nitrogens with zero attached hydrogens (tertiary/aromatic N) is 1. The van der Waals surface area contributed by atoms with Gasteiger partial charge < -0.3 is 31.5 Å². The van der Waals surface area contributed by atoms with Crippen molar-refractivity contribution in [3.63, 3.8) is 0 Å². The van der Waals surface area contributed by atoms with Gasteiger partial charge in [0.2, 0.25) is 23.5 Å². The van der Waals surface area contributed by atoms with Crippen molar-refractivity contribution in [2.24, 2.45) is 28.6 Å². The van der Waals surface area contributed by atoms with Crippen LogP contribution in [0.3, 0.4) is 0 Å². The van der Waals surface area contributed by atoms with Crippen molar-refractivity contribution < 1.29 is 28.8 Å². The first-order valence-corrected chi connectivity index (χ1v) is 15.1. The number of nitrogens with one attached hydrogen (secondary N) is 5. The van der Waals surface area contributed by atoms with E-state index in [1.54, 1.807) is 0 Å². The Kier molecular flexibility index (Phi) is 8.43. The lowest BCUT2D eigenvalue weighted by atomic mass is 9.85. The van der Waals surface area contributed by atoms with Crippen LogP contribution in [-0.2, 0) is 24.0 Å². The van der Waals surface area contributed by atoms with Crippen LogP contribution in [0.4, 0.5) is 4.79 Å². The fourth-order valence-corrected chi connectivity index (χ4v) is 6.42. The molecule has 5 N–H and O–H groups in total. The van der Waals surface area contributed by atoms with E-state index in [0.29, 0.717) is 19.5 Å². The van der Waals surface area contributed by atoms with Crippen LogP contribution in [0.15, 0.2) is 0 Å². The predicted molar refractivity (Wildman–Crippen MR) is 155 cm³/mol. The maximum absolute atomic E-state index is 14.1. The summed E-state index contributed by atoms with van der Waals surface area (Å²) in [6, 6.07) is -3.52. The second-order valence-electron chi connectivity index (χ2n) is 15.2. The summed E-state index contributed by atoms with van der Waals surface area (Å²) >= 11 is 0. The Balaban J connectivity index is 1.56. The number of rotatable bonds is 9. The highest BCUT2D eigenvalue weighted by molar-refractivity contribution is 6.38. The van der Waals surface area contributed by atoms with Crippen molar-refractivity contribution in [1.29, 1.82) is 0 Å². The first kappa shape index (κ1) is 31.7. The summed E-state index contributed by atoms with van der Waals surface area (Å²) in [7, 11) is 0. The van der Waals surface area contributed by atoms with Gasteiger partial charge in [-0.1, -0.05) is 34.6 Å². The van der Waals surface area contributed by atoms with Crippen LogP contribution in [0, 0.1) is 28.6 Å². The minimum absolute atomic E-state index is 0.00575. The number of fused-ring (bicyclic) bond motifs is 1. The van der Waals surface area contributed by atoms with E-state index in [1.807, 2.05) is 41.5 Å². The van der Waals surface area contributed by atoms with E-state index in [2.05, 4.69) is 40.4 Å². The predicted octanol–water partition coefficient (Wildman–Crippen LogP) is 0.841. The van der Waals surface area contributed by atoms with Crippen molar-refractivity contribution >= 4 is 35.4 Å². The van der Waals surface area contributed by atoms with E-state index >= 15 is 0 Å². The minimum Gasteiger partial charge on any atom is -0.356 e. The topological polar surface area (TPSA) is 166 Å². The average Bonchev–Trinajstić information content (AvgIpc) is 3.61. The number of likely N-dealkylation sites (tertiary alicyclic amines) is 1. The quantitative estimate of drug-likeness (QED) is 0.250. The molecule has 2 saturated heterocycles. The van der Waals surface area contributed by atoms with Crippen LogP contribution >= 0.6 is 0 Å². The highest BCUT2D eigenvalue weighted by Crippen LogP contribution is 2.65. The van der Waals surface area contributed by atoms with E-state index in [0.717, 1.165) is 12.8 Å². The van der Waals surface area contributed by atoms with Gasteiger partial charge in [-0.25, -0.2) is 4.79 Å². The number of ketones is 1. The lowest BCUT2D eigenvalue weighted by Gasteiger charge is -2.38. The molecule has 4 fully saturated rings. The Morgan fingerprint density at radius 3 is 2.17 bits per heavy atom. The van der Waals surface area contributed by atoms with Gasteiger partial charge in [0.25, 0.3) is 5.91 Å². The monoisotopic (exact) mass is 588 g/mol. The van der Waals surface area contributed by atoms with Gasteiger partial charge in [0, 0.05) is 30.6 Å². The first-order valence-electron chi connectivity index (χ1n) is 15.1. The summed E-state index contributed by atoms with van der Waals surface area (Å²) in [6.07, 6.45) is 2.11. The fourth-order valence-electron chi connectivity index (χ4n) is 6.42. The number of amides is 6. The number of Topliss-reactive ketones (excluding diaryl/α,β-unsaturated/α-hetero) is 1. The number of urea groups is 1. The fraction of sp³-hybridized carbons (Fsp3) is 0.800. The van der Waals surface area contributed by atoms with Gasteiger partial charge in [-0.3, -0.25) is 24.0 Å². The van der Waals surface area contributed by atoms with Crippen molar-refractivity contribution in [3.8, 4) is 0 Å². The molecule has 2 aliphatic carbocycles. The summed E-state index contributed by atoms with van der Waals surface area (Å²) in [5.41, 5.74) is -1.37. The van der Waals surface area contributed by atoms with Gasteiger partial charge in [0.1, 0.15) is 12.1 Å². The van der Waals surface area contributed by atoms with E-state index in [1.165, 1.54) is 4.90 Å². The lowest BCUT2D eigenvalue weighted by Crippen LogP contribution is -2.62. The third-order valence-corrected chi connectivity index (χ3v) is 9.09. The Bertz CT molecular complexity index is 1150. The Hall–Kier alpha value is -3.18. The number of hydrogen-bond acceptors (Lipinski definition) is 6. The average molecular weight is 589 g/mol. The molecule has 0 aromatic heterocycles. The molecule has 0 radical (unpaired) electrons. The molecule has 42 heavy (non-hydrogen) atoms. The van der Waals surface area contributed by atoms with E-state index < -0.39 is 58.6 Å². The van der Waals surface area contributed by atoms with Crippen LogP contribution in [0.2, 0.25) is 0 Å². The summed E-state index contributed by atoms with van der Waals surface area (Å²) in [5, 5.41) is 13.9. The Morgan fingerprint density at radius 2 is 1.64 bits per heavy atom. The van der Waals surface area contributed by atoms with Crippen LogP contribution in [-0.4, -0.2) is 83.1 Å². The standard InChI is InChI=1S/C30H48N6O6/c1-28(2,3)22(34-27(42)35-29(4,5)6)26(41)36-14-17-19(30(17,7)8)20(36)24(39)33-18(13-15-11-12-31-23(15)38)21(37)25(40)32-16-9-10-16/h15-20,22H,9-14H2,1-8H3,(H,31,38)(H,32,40)(H,33,39)(H2,34,35,42)/t15?,17-,18?,19-,20-,22?/m0/s1. The number of carbonyl (C=O) groups is 6. The molecule has 3 unspecified atom stereocenters. The third kappa shape index (κ3) is 6.89. The summed E-state index contributed by atoms with van der Waals surface area (Å²) < 4.78 is 0. The molecule has 234 valence electrons. The normalized spacial score (nSPS) is 27.7. The van der Waals surface area contributed by atoms with E-state index in [-0.39, 0.29) is 41.5 Å². The minimum atomic E-state index is -1.20. The SMILES string of the molecule is CC(C)(C)NC(=O)NC(C(=O)N1C[C@H]2[C@@H]([C@H]1C(=O)NC(CC1CCNC1=O)C(=O)C(=O)NC1CC1)C2(C)C)C(C)(C)C. The van der Waals surface area contributed by atoms with Gasteiger partial charge in [-0.15, -0.1) is 0 Å². The van der Waals surface area contributed by atoms with Gasteiger partial charge in [0.05, 0.1) is 6.04 Å². The number of piperidine rings is 1. The maximum Gasteiger partial charge on any atom is 0.315 e. The molecule has 2 heterocycles. The zero-order chi connectivity index (χ0) is 31.4. The Labute approximate surface area is 248 Å². The molecule has 4 rings (SSSR count). The van der Waals surface area contributed by atoms with Crippen molar-refractivity contribution in [1.82, 2.24) is 31.5 Å². The lowest BCUT2D eigenvalue weighted by molar-refractivity contribution is -0.145. The molecule has 2 saturated carbocycles.